The molecule has 9 nitrogen and oxygen atoms in total. The van der Waals surface area contributed by atoms with Crippen molar-refractivity contribution in [3.05, 3.63) is 30.0 Å². The number of nitrogens with one attached hydrogen (secondary N) is 2. The largest absolute Gasteiger partial charge is 0.377 e. The molecule has 1 aromatic carbocycles. The van der Waals surface area contributed by atoms with E-state index in [0.717, 1.165) is 5.56 Å². The number of morpholine rings is 1. The van der Waals surface area contributed by atoms with E-state index in [1.54, 1.807) is 12.1 Å². The average molecular weight is 446 g/mol. The van der Waals surface area contributed by atoms with Gasteiger partial charge in [-0.2, -0.15) is 0 Å². The van der Waals surface area contributed by atoms with Crippen molar-refractivity contribution in [2.75, 3.05) is 42.3 Å². The number of carbonyl (C=O) groups excluding carboxylic acids is 1. The third-order valence-electron chi connectivity index (χ3n) is 5.43. The topological polar surface area (TPSA) is 114 Å². The van der Waals surface area contributed by atoms with Gasteiger partial charge in [0, 0.05) is 24.3 Å². The molecular formula is C21H27N5O4S. The van der Waals surface area contributed by atoms with Crippen molar-refractivity contribution in [1.29, 1.82) is 0 Å². The Morgan fingerprint density at radius 1 is 1.26 bits per heavy atom. The molecule has 0 radical (unpaired) electrons. The quantitative estimate of drug-likeness (QED) is 0.742. The number of aromatic nitrogens is 2. The second kappa shape index (κ2) is 8.80. The van der Waals surface area contributed by atoms with Crippen LogP contribution in [0.15, 0.2) is 29.2 Å². The maximum atomic E-state index is 12.9. The minimum atomic E-state index is -3.43. The van der Waals surface area contributed by atoms with E-state index in [1.165, 1.54) is 0 Å². The van der Waals surface area contributed by atoms with Crippen molar-refractivity contribution in [3.63, 3.8) is 0 Å². The number of aryl methyl sites for hydroxylation is 1. The SMILES string of the molecule is CCNC(=O)Nc1ccc(-c2nc3c(c(N4CCOC[C@@H]4C)n2)S(=O)(=O)CCC3)cc1. The molecule has 0 unspecified atom stereocenters. The first-order valence-electron chi connectivity index (χ1n) is 10.5. The fourth-order valence-corrected chi connectivity index (χ4v) is 5.58. The number of rotatable bonds is 4. The number of hydrogen-bond acceptors (Lipinski definition) is 7. The van der Waals surface area contributed by atoms with Crippen LogP contribution in [0.1, 0.15) is 26.0 Å². The number of fused-ring (bicyclic) bond motifs is 1. The number of carbonyl (C=O) groups is 1. The van der Waals surface area contributed by atoms with Gasteiger partial charge in [0.2, 0.25) is 0 Å². The highest BCUT2D eigenvalue weighted by atomic mass is 32.2. The summed E-state index contributed by atoms with van der Waals surface area (Å²) >= 11 is 0. The fraction of sp³-hybridized carbons (Fsp3) is 0.476. The number of hydrogen-bond donors (Lipinski definition) is 2. The molecule has 3 heterocycles. The minimum Gasteiger partial charge on any atom is -0.377 e. The van der Waals surface area contributed by atoms with Gasteiger partial charge >= 0.3 is 6.03 Å². The molecule has 10 heteroatoms. The predicted octanol–water partition coefficient (Wildman–Crippen LogP) is 2.23. The average Bonchev–Trinajstić information content (AvgIpc) is 2.74. The van der Waals surface area contributed by atoms with Crippen molar-refractivity contribution >= 4 is 27.4 Å². The molecule has 4 rings (SSSR count). The number of urea groups is 1. The van der Waals surface area contributed by atoms with Crippen LogP contribution in [-0.2, 0) is 21.0 Å². The molecule has 166 valence electrons. The van der Waals surface area contributed by atoms with Crippen LogP contribution in [0.3, 0.4) is 0 Å². The van der Waals surface area contributed by atoms with E-state index in [4.69, 9.17) is 9.72 Å². The summed E-state index contributed by atoms with van der Waals surface area (Å²) in [6.45, 7) is 6.02. The highest BCUT2D eigenvalue weighted by Crippen LogP contribution is 2.35. The second-order valence-corrected chi connectivity index (χ2v) is 9.79. The van der Waals surface area contributed by atoms with Gasteiger partial charge in [-0.05, 0) is 51.0 Å². The molecule has 2 amide bonds. The Labute approximate surface area is 182 Å². The zero-order valence-corrected chi connectivity index (χ0v) is 18.5. The summed E-state index contributed by atoms with van der Waals surface area (Å²) < 4.78 is 31.3. The molecule has 31 heavy (non-hydrogen) atoms. The van der Waals surface area contributed by atoms with E-state index >= 15 is 0 Å². The van der Waals surface area contributed by atoms with Gasteiger partial charge in [-0.3, -0.25) is 0 Å². The van der Waals surface area contributed by atoms with Crippen molar-refractivity contribution in [2.45, 2.75) is 37.6 Å². The Hall–Kier alpha value is -2.72. The van der Waals surface area contributed by atoms with Crippen LogP contribution in [0.5, 0.6) is 0 Å². The molecule has 2 aromatic rings. The smallest absolute Gasteiger partial charge is 0.319 e. The number of anilines is 2. The van der Waals surface area contributed by atoms with Crippen molar-refractivity contribution < 1.29 is 17.9 Å². The first-order chi connectivity index (χ1) is 14.9. The van der Waals surface area contributed by atoms with E-state index in [2.05, 4.69) is 15.6 Å². The summed E-state index contributed by atoms with van der Waals surface area (Å²) in [5.74, 6) is 1.07. The van der Waals surface area contributed by atoms with E-state index in [1.807, 2.05) is 30.9 Å². The number of benzene rings is 1. The first-order valence-corrected chi connectivity index (χ1v) is 12.2. The lowest BCUT2D eigenvalue weighted by atomic mass is 10.1. The summed E-state index contributed by atoms with van der Waals surface area (Å²) in [7, 11) is -3.43. The third kappa shape index (κ3) is 4.49. The zero-order valence-electron chi connectivity index (χ0n) is 17.7. The standard InChI is InChI=1S/C21H27N5O4S/c1-3-22-21(27)23-16-8-6-15(7-9-16)19-24-17-5-4-12-31(28,29)18(17)20(25-19)26-10-11-30-13-14(26)2/h6-9,14H,3-5,10-13H2,1-2H3,(H2,22,23,27)/t14-/m0/s1. The van der Waals surface area contributed by atoms with Crippen molar-refractivity contribution in [2.24, 2.45) is 0 Å². The molecular weight excluding hydrogens is 418 g/mol. The summed E-state index contributed by atoms with van der Waals surface area (Å²) in [4.78, 5) is 23.4. The van der Waals surface area contributed by atoms with Gasteiger partial charge in [0.25, 0.3) is 0 Å². The van der Waals surface area contributed by atoms with Crippen molar-refractivity contribution in [1.82, 2.24) is 15.3 Å². The predicted molar refractivity (Wildman–Crippen MR) is 118 cm³/mol. The maximum absolute atomic E-state index is 12.9. The lowest BCUT2D eigenvalue weighted by Gasteiger charge is -2.36. The van der Waals surface area contributed by atoms with Gasteiger partial charge in [0.1, 0.15) is 4.90 Å². The Morgan fingerprint density at radius 2 is 2.03 bits per heavy atom. The molecule has 2 aliphatic heterocycles. The number of ether oxygens (including phenoxy) is 1. The van der Waals surface area contributed by atoms with E-state index in [0.29, 0.717) is 62.2 Å². The molecule has 0 aliphatic carbocycles. The van der Waals surface area contributed by atoms with Gasteiger partial charge in [0.05, 0.1) is 30.7 Å². The summed E-state index contributed by atoms with van der Waals surface area (Å²) in [5.41, 5.74) is 1.99. The summed E-state index contributed by atoms with van der Waals surface area (Å²) in [6.07, 6.45) is 1.16. The minimum absolute atomic E-state index is 0.0152. The van der Waals surface area contributed by atoms with Crippen LogP contribution in [0.4, 0.5) is 16.3 Å². The number of sulfone groups is 1. The van der Waals surface area contributed by atoms with Crippen LogP contribution in [0.2, 0.25) is 0 Å². The molecule has 1 atom stereocenters. The van der Waals surface area contributed by atoms with E-state index in [-0.39, 0.29) is 22.7 Å². The molecule has 2 N–H and O–H groups in total. The molecule has 1 saturated heterocycles. The van der Waals surface area contributed by atoms with Crippen LogP contribution in [-0.4, -0.2) is 62.5 Å². The molecule has 0 bridgehead atoms. The van der Waals surface area contributed by atoms with Crippen LogP contribution >= 0.6 is 0 Å². The van der Waals surface area contributed by atoms with E-state index in [9.17, 15) is 13.2 Å². The highest BCUT2D eigenvalue weighted by molar-refractivity contribution is 7.91. The molecule has 1 aromatic heterocycles. The molecule has 1 fully saturated rings. The molecule has 0 spiro atoms. The first kappa shape index (κ1) is 21.5. The summed E-state index contributed by atoms with van der Waals surface area (Å²) in [6, 6.07) is 6.96. The lowest BCUT2D eigenvalue weighted by molar-refractivity contribution is 0.0982. The van der Waals surface area contributed by atoms with Gasteiger partial charge in [0.15, 0.2) is 21.5 Å². The maximum Gasteiger partial charge on any atom is 0.319 e. The fourth-order valence-electron chi connectivity index (χ4n) is 3.91. The van der Waals surface area contributed by atoms with Gasteiger partial charge in [-0.25, -0.2) is 23.2 Å². The van der Waals surface area contributed by atoms with E-state index < -0.39 is 9.84 Å². The Morgan fingerprint density at radius 3 is 2.74 bits per heavy atom. The normalized spacial score (nSPS) is 20.1. The third-order valence-corrected chi connectivity index (χ3v) is 7.30. The second-order valence-electron chi connectivity index (χ2n) is 7.75. The lowest BCUT2D eigenvalue weighted by Crippen LogP contribution is -2.45. The number of nitrogens with zero attached hydrogens (tertiary/aromatic N) is 3. The molecule has 2 aliphatic rings. The Balaban J connectivity index is 1.74. The van der Waals surface area contributed by atoms with Crippen LogP contribution in [0, 0.1) is 0 Å². The monoisotopic (exact) mass is 445 g/mol. The Kier molecular flexibility index (Phi) is 6.10. The number of amides is 2. The zero-order chi connectivity index (χ0) is 22.0. The Bertz CT molecular complexity index is 1070. The summed E-state index contributed by atoms with van der Waals surface area (Å²) in [5, 5.41) is 5.44. The van der Waals surface area contributed by atoms with Crippen LogP contribution < -0.4 is 15.5 Å². The van der Waals surface area contributed by atoms with Crippen molar-refractivity contribution in [3.8, 4) is 11.4 Å². The van der Waals surface area contributed by atoms with Crippen LogP contribution in [0.25, 0.3) is 11.4 Å². The van der Waals surface area contributed by atoms with Gasteiger partial charge in [-0.1, -0.05) is 0 Å². The van der Waals surface area contributed by atoms with Gasteiger partial charge in [-0.15, -0.1) is 0 Å². The molecule has 0 saturated carbocycles. The highest BCUT2D eigenvalue weighted by Gasteiger charge is 2.34. The van der Waals surface area contributed by atoms with Gasteiger partial charge < -0.3 is 20.3 Å².